The van der Waals surface area contributed by atoms with Crippen LogP contribution in [0.25, 0.3) is 0 Å². The molecule has 0 bridgehead atoms. The Hall–Kier alpha value is -2.22. The molecule has 8 nitrogen and oxygen atoms in total. The molecule has 1 saturated heterocycles. The fourth-order valence-electron chi connectivity index (χ4n) is 3.32. The first-order chi connectivity index (χ1) is 11.7. The molecular formula is C16H22N6O2. The van der Waals surface area contributed by atoms with E-state index in [1.165, 1.54) is 0 Å². The van der Waals surface area contributed by atoms with Crippen LogP contribution in [0.3, 0.4) is 0 Å². The molecule has 4 rings (SSSR count). The van der Waals surface area contributed by atoms with Crippen LogP contribution in [-0.2, 0) is 23.0 Å². The number of carbonyl (C=O) groups excluding carboxylic acids is 1. The summed E-state index contributed by atoms with van der Waals surface area (Å²) >= 11 is 0. The lowest BCUT2D eigenvalue weighted by Crippen LogP contribution is -2.43. The highest BCUT2D eigenvalue weighted by Gasteiger charge is 2.47. The van der Waals surface area contributed by atoms with Crippen molar-refractivity contribution in [3.63, 3.8) is 0 Å². The molecule has 1 N–H and O–H groups in total. The Labute approximate surface area is 140 Å². The Morgan fingerprint density at radius 1 is 1.50 bits per heavy atom. The van der Waals surface area contributed by atoms with Crippen LogP contribution in [0.5, 0.6) is 0 Å². The number of nitrogens with one attached hydrogen (secondary N) is 1. The molecule has 2 aromatic heterocycles. The van der Waals surface area contributed by atoms with Gasteiger partial charge in [-0.15, -0.1) is 0 Å². The van der Waals surface area contributed by atoms with Crippen molar-refractivity contribution in [1.29, 1.82) is 0 Å². The molecule has 1 aliphatic carbocycles. The van der Waals surface area contributed by atoms with Crippen molar-refractivity contribution in [1.82, 2.24) is 29.9 Å². The van der Waals surface area contributed by atoms with Gasteiger partial charge in [-0.05, 0) is 17.9 Å². The SMILES string of the molecule is CCc1nc([C@@H]2CN(C(=O)[C@H]3C[C@@H]3c3cnn(C)c3)CCO2)n[nH]1. The topological polar surface area (TPSA) is 88.9 Å². The van der Waals surface area contributed by atoms with Crippen molar-refractivity contribution < 1.29 is 9.53 Å². The number of morpholine rings is 1. The van der Waals surface area contributed by atoms with Gasteiger partial charge in [0.1, 0.15) is 11.9 Å². The summed E-state index contributed by atoms with van der Waals surface area (Å²) in [7, 11) is 1.90. The maximum atomic E-state index is 12.8. The Balaban J connectivity index is 1.40. The fraction of sp³-hybridized carbons (Fsp3) is 0.625. The highest BCUT2D eigenvalue weighted by Crippen LogP contribution is 2.48. The monoisotopic (exact) mass is 330 g/mol. The molecule has 128 valence electrons. The molecule has 0 spiro atoms. The number of aromatic amines is 1. The summed E-state index contributed by atoms with van der Waals surface area (Å²) < 4.78 is 7.55. The fourth-order valence-corrected chi connectivity index (χ4v) is 3.32. The number of amides is 1. The van der Waals surface area contributed by atoms with Crippen molar-refractivity contribution in [2.45, 2.75) is 31.8 Å². The van der Waals surface area contributed by atoms with Gasteiger partial charge in [0.25, 0.3) is 0 Å². The van der Waals surface area contributed by atoms with Gasteiger partial charge >= 0.3 is 0 Å². The van der Waals surface area contributed by atoms with E-state index in [0.29, 0.717) is 31.4 Å². The van der Waals surface area contributed by atoms with Gasteiger partial charge in [-0.25, -0.2) is 4.98 Å². The van der Waals surface area contributed by atoms with Gasteiger partial charge in [-0.1, -0.05) is 6.92 Å². The lowest BCUT2D eigenvalue weighted by Gasteiger charge is -2.31. The second-order valence-corrected chi connectivity index (χ2v) is 6.53. The van der Waals surface area contributed by atoms with E-state index in [9.17, 15) is 4.79 Å². The number of ether oxygens (including phenoxy) is 1. The predicted octanol–water partition coefficient (Wildman–Crippen LogP) is 0.804. The van der Waals surface area contributed by atoms with Gasteiger partial charge in [0.05, 0.1) is 19.3 Å². The Bertz CT molecular complexity index is 739. The van der Waals surface area contributed by atoms with Gasteiger partial charge < -0.3 is 9.64 Å². The molecule has 24 heavy (non-hydrogen) atoms. The number of hydrogen-bond donors (Lipinski definition) is 1. The summed E-state index contributed by atoms with van der Waals surface area (Å²) in [6.07, 6.45) is 5.33. The summed E-state index contributed by atoms with van der Waals surface area (Å²) in [4.78, 5) is 19.1. The van der Waals surface area contributed by atoms with E-state index in [0.717, 1.165) is 24.2 Å². The van der Waals surface area contributed by atoms with E-state index >= 15 is 0 Å². The molecule has 3 heterocycles. The average molecular weight is 330 g/mol. The summed E-state index contributed by atoms with van der Waals surface area (Å²) in [6.45, 7) is 3.71. The van der Waals surface area contributed by atoms with Gasteiger partial charge in [0, 0.05) is 32.1 Å². The predicted molar refractivity (Wildman–Crippen MR) is 85.1 cm³/mol. The zero-order valence-corrected chi connectivity index (χ0v) is 14.0. The molecule has 1 aliphatic heterocycles. The van der Waals surface area contributed by atoms with E-state index in [2.05, 4.69) is 20.3 Å². The van der Waals surface area contributed by atoms with E-state index in [1.807, 2.05) is 31.3 Å². The van der Waals surface area contributed by atoms with Crippen LogP contribution in [0.15, 0.2) is 12.4 Å². The van der Waals surface area contributed by atoms with Crippen molar-refractivity contribution in [2.24, 2.45) is 13.0 Å². The average Bonchev–Trinajstić information content (AvgIpc) is 3.04. The first kappa shape index (κ1) is 15.3. The summed E-state index contributed by atoms with van der Waals surface area (Å²) in [5.41, 5.74) is 1.15. The largest absolute Gasteiger partial charge is 0.366 e. The van der Waals surface area contributed by atoms with Crippen LogP contribution >= 0.6 is 0 Å². The number of H-pyrrole nitrogens is 1. The van der Waals surface area contributed by atoms with E-state index in [-0.39, 0.29) is 17.9 Å². The van der Waals surface area contributed by atoms with E-state index in [1.54, 1.807) is 4.68 Å². The van der Waals surface area contributed by atoms with Gasteiger partial charge in [0.2, 0.25) is 5.91 Å². The number of hydrogen-bond acceptors (Lipinski definition) is 5. The van der Waals surface area contributed by atoms with Crippen molar-refractivity contribution in [2.75, 3.05) is 19.7 Å². The molecular weight excluding hydrogens is 308 g/mol. The molecule has 8 heteroatoms. The van der Waals surface area contributed by atoms with Crippen molar-refractivity contribution in [3.05, 3.63) is 29.6 Å². The highest BCUT2D eigenvalue weighted by atomic mass is 16.5. The number of nitrogens with zero attached hydrogens (tertiary/aromatic N) is 5. The van der Waals surface area contributed by atoms with E-state index < -0.39 is 0 Å². The molecule has 1 saturated carbocycles. The maximum absolute atomic E-state index is 12.8. The zero-order valence-electron chi connectivity index (χ0n) is 14.0. The normalized spacial score (nSPS) is 26.6. The van der Waals surface area contributed by atoms with Crippen LogP contribution < -0.4 is 0 Å². The van der Waals surface area contributed by atoms with Crippen LogP contribution in [-0.4, -0.2) is 55.5 Å². The van der Waals surface area contributed by atoms with E-state index in [4.69, 9.17) is 4.74 Å². The second-order valence-electron chi connectivity index (χ2n) is 6.53. The quantitative estimate of drug-likeness (QED) is 0.896. The molecule has 0 radical (unpaired) electrons. The van der Waals surface area contributed by atoms with Crippen LogP contribution in [0.2, 0.25) is 0 Å². The highest BCUT2D eigenvalue weighted by molar-refractivity contribution is 5.83. The summed E-state index contributed by atoms with van der Waals surface area (Å²) in [5, 5.41) is 11.3. The third kappa shape index (κ3) is 2.82. The van der Waals surface area contributed by atoms with Gasteiger partial charge in [-0.2, -0.15) is 10.2 Å². The molecule has 2 aromatic rings. The minimum atomic E-state index is -0.241. The molecule has 1 amide bonds. The third-order valence-electron chi connectivity index (χ3n) is 4.81. The minimum Gasteiger partial charge on any atom is -0.366 e. The molecule has 2 fully saturated rings. The molecule has 0 unspecified atom stereocenters. The van der Waals surface area contributed by atoms with Crippen molar-refractivity contribution >= 4 is 5.91 Å². The van der Waals surface area contributed by atoms with Crippen LogP contribution in [0.4, 0.5) is 0 Å². The minimum absolute atomic E-state index is 0.0753. The van der Waals surface area contributed by atoms with Crippen molar-refractivity contribution in [3.8, 4) is 0 Å². The number of carbonyl (C=O) groups is 1. The lowest BCUT2D eigenvalue weighted by molar-refractivity contribution is -0.140. The smallest absolute Gasteiger partial charge is 0.226 e. The summed E-state index contributed by atoms with van der Waals surface area (Å²) in [5.74, 6) is 2.08. The Morgan fingerprint density at radius 2 is 2.38 bits per heavy atom. The van der Waals surface area contributed by atoms with Gasteiger partial charge in [-0.3, -0.25) is 14.6 Å². The van der Waals surface area contributed by atoms with Crippen LogP contribution in [0.1, 0.15) is 42.6 Å². The Kier molecular flexibility index (Phi) is 3.84. The number of aryl methyl sites for hydroxylation is 2. The van der Waals surface area contributed by atoms with Crippen LogP contribution in [0, 0.1) is 5.92 Å². The molecule has 3 atom stereocenters. The maximum Gasteiger partial charge on any atom is 0.226 e. The lowest BCUT2D eigenvalue weighted by atomic mass is 10.1. The molecule has 2 aliphatic rings. The number of aromatic nitrogens is 5. The number of rotatable bonds is 4. The Morgan fingerprint density at radius 3 is 3.08 bits per heavy atom. The van der Waals surface area contributed by atoms with Gasteiger partial charge in [0.15, 0.2) is 5.82 Å². The third-order valence-corrected chi connectivity index (χ3v) is 4.81. The first-order valence-corrected chi connectivity index (χ1v) is 8.45. The molecule has 0 aromatic carbocycles. The first-order valence-electron chi connectivity index (χ1n) is 8.45. The zero-order chi connectivity index (χ0) is 16.7. The summed E-state index contributed by atoms with van der Waals surface area (Å²) in [6, 6.07) is 0. The second kappa shape index (κ2) is 6.01. The standard InChI is InChI=1S/C16H22N6O2/c1-3-14-18-15(20-19-14)13-9-22(4-5-24-13)16(23)12-6-11(12)10-7-17-21(2)8-10/h7-8,11-13H,3-6,9H2,1-2H3,(H,18,19,20)/t11-,12+,13+/m1/s1.